The van der Waals surface area contributed by atoms with Crippen LogP contribution in [-0.4, -0.2) is 30.2 Å². The number of benzene rings is 1. The Hall–Kier alpha value is -2.50. The molecule has 19 heavy (non-hydrogen) atoms. The van der Waals surface area contributed by atoms with E-state index in [-0.39, 0.29) is 5.75 Å². The molecule has 3 N–H and O–H groups in total. The molecule has 0 saturated carbocycles. The van der Waals surface area contributed by atoms with Gasteiger partial charge < -0.3 is 20.3 Å². The van der Waals surface area contributed by atoms with Crippen molar-refractivity contribution in [1.82, 2.24) is 0 Å². The summed E-state index contributed by atoms with van der Waals surface area (Å²) in [6.07, 6.45) is 2.61. The third kappa shape index (κ3) is 4.71. The van der Waals surface area contributed by atoms with Crippen LogP contribution in [0.15, 0.2) is 24.3 Å². The second-order valence-electron chi connectivity index (χ2n) is 3.53. The molecule has 1 amide bonds. The van der Waals surface area contributed by atoms with Gasteiger partial charge in [0.2, 0.25) is 5.91 Å². The first-order valence-electron chi connectivity index (χ1n) is 5.62. The van der Waals surface area contributed by atoms with Crippen molar-refractivity contribution in [3.63, 3.8) is 0 Å². The highest BCUT2D eigenvalue weighted by molar-refractivity contribution is 5.90. The van der Waals surface area contributed by atoms with Crippen LogP contribution in [0.2, 0.25) is 0 Å². The van der Waals surface area contributed by atoms with Gasteiger partial charge in [-0.1, -0.05) is 12.1 Å². The first kappa shape index (κ1) is 14.6. The van der Waals surface area contributed by atoms with E-state index in [1.54, 1.807) is 25.1 Å². The van der Waals surface area contributed by atoms with E-state index in [9.17, 15) is 9.59 Å². The summed E-state index contributed by atoms with van der Waals surface area (Å²) in [5.41, 5.74) is 5.54. The lowest BCUT2D eigenvalue weighted by molar-refractivity contribution is -0.139. The number of carbonyl (C=O) groups is 2. The van der Waals surface area contributed by atoms with Gasteiger partial charge in [0, 0.05) is 11.6 Å². The van der Waals surface area contributed by atoms with E-state index in [4.69, 9.17) is 20.3 Å². The number of carboxylic acids is 1. The van der Waals surface area contributed by atoms with Crippen molar-refractivity contribution in [3.8, 4) is 11.5 Å². The highest BCUT2D eigenvalue weighted by Gasteiger charge is 2.11. The number of carboxylic acid groups (broad SMARTS) is 1. The third-order valence-electron chi connectivity index (χ3n) is 2.08. The van der Waals surface area contributed by atoms with Crippen LogP contribution in [0.5, 0.6) is 11.5 Å². The van der Waals surface area contributed by atoms with Crippen molar-refractivity contribution < 1.29 is 24.2 Å². The van der Waals surface area contributed by atoms with Gasteiger partial charge in [-0.2, -0.15) is 0 Å². The van der Waals surface area contributed by atoms with E-state index < -0.39 is 18.5 Å². The summed E-state index contributed by atoms with van der Waals surface area (Å²) in [5.74, 6) is -1.03. The maximum atomic E-state index is 10.7. The summed E-state index contributed by atoms with van der Waals surface area (Å²) in [5, 5.41) is 8.65. The number of carbonyl (C=O) groups excluding carboxylic acids is 1. The van der Waals surface area contributed by atoms with E-state index in [1.165, 1.54) is 12.2 Å². The number of rotatable bonds is 7. The molecule has 0 unspecified atom stereocenters. The van der Waals surface area contributed by atoms with Gasteiger partial charge in [0.25, 0.3) is 0 Å². The van der Waals surface area contributed by atoms with Gasteiger partial charge in [0.15, 0.2) is 18.1 Å². The lowest BCUT2D eigenvalue weighted by atomic mass is 10.1. The zero-order valence-electron chi connectivity index (χ0n) is 10.5. The van der Waals surface area contributed by atoms with Crippen LogP contribution in [-0.2, 0) is 9.59 Å². The van der Waals surface area contributed by atoms with Gasteiger partial charge in [0.05, 0.1) is 6.61 Å². The molecular weight excluding hydrogens is 250 g/mol. The third-order valence-corrected chi connectivity index (χ3v) is 2.08. The van der Waals surface area contributed by atoms with Crippen molar-refractivity contribution in [3.05, 3.63) is 29.8 Å². The molecule has 102 valence electrons. The second kappa shape index (κ2) is 7.05. The Morgan fingerprint density at radius 1 is 1.37 bits per heavy atom. The molecule has 0 bridgehead atoms. The Kier molecular flexibility index (Phi) is 5.40. The molecule has 1 aromatic rings. The quantitative estimate of drug-likeness (QED) is 0.718. The van der Waals surface area contributed by atoms with Crippen LogP contribution in [0, 0.1) is 0 Å². The number of nitrogens with two attached hydrogens (primary N) is 1. The summed E-state index contributed by atoms with van der Waals surface area (Å²) < 4.78 is 10.5. The molecule has 1 aromatic carbocycles. The van der Waals surface area contributed by atoms with E-state index in [2.05, 4.69) is 0 Å². The minimum atomic E-state index is -1.10. The van der Waals surface area contributed by atoms with Crippen molar-refractivity contribution in [2.75, 3.05) is 13.2 Å². The summed E-state index contributed by atoms with van der Waals surface area (Å²) in [4.78, 5) is 21.3. The largest absolute Gasteiger partial charge is 0.490 e. The topological polar surface area (TPSA) is 98.9 Å². The van der Waals surface area contributed by atoms with Crippen molar-refractivity contribution in [2.24, 2.45) is 5.73 Å². The van der Waals surface area contributed by atoms with Crippen molar-refractivity contribution in [1.29, 1.82) is 0 Å². The lowest BCUT2D eigenvalue weighted by Gasteiger charge is -2.13. The van der Waals surface area contributed by atoms with Crippen LogP contribution in [0.4, 0.5) is 0 Å². The molecule has 0 radical (unpaired) electrons. The minimum absolute atomic E-state index is 0.268. The molecule has 0 aromatic heterocycles. The molecular formula is C13H15NO5. The summed E-state index contributed by atoms with van der Waals surface area (Å²) in [7, 11) is 0. The fraction of sp³-hybridized carbons (Fsp3) is 0.231. The Labute approximate surface area is 110 Å². The van der Waals surface area contributed by atoms with Crippen LogP contribution in [0.25, 0.3) is 6.08 Å². The fourth-order valence-electron chi connectivity index (χ4n) is 1.39. The zero-order chi connectivity index (χ0) is 14.3. The molecule has 0 aliphatic rings. The van der Waals surface area contributed by atoms with Gasteiger partial charge in [-0.25, -0.2) is 4.79 Å². The molecule has 0 saturated heterocycles. The van der Waals surface area contributed by atoms with E-state index in [0.29, 0.717) is 17.9 Å². The molecule has 0 aliphatic heterocycles. The second-order valence-corrected chi connectivity index (χ2v) is 3.53. The normalized spacial score (nSPS) is 10.4. The molecule has 0 heterocycles. The number of aliphatic carboxylic acids is 1. The Bertz CT molecular complexity index is 496. The number of para-hydroxylation sites is 1. The molecule has 0 atom stereocenters. The van der Waals surface area contributed by atoms with Crippen LogP contribution >= 0.6 is 0 Å². The number of ether oxygens (including phenoxy) is 2. The molecule has 1 rings (SSSR count). The van der Waals surface area contributed by atoms with E-state index in [1.807, 2.05) is 0 Å². The van der Waals surface area contributed by atoms with Gasteiger partial charge in [-0.05, 0) is 19.1 Å². The number of hydrogen-bond acceptors (Lipinski definition) is 4. The highest BCUT2D eigenvalue weighted by atomic mass is 16.5. The fourth-order valence-corrected chi connectivity index (χ4v) is 1.39. The molecule has 6 heteroatoms. The van der Waals surface area contributed by atoms with E-state index >= 15 is 0 Å². The molecule has 0 aliphatic carbocycles. The van der Waals surface area contributed by atoms with Gasteiger partial charge in [0.1, 0.15) is 0 Å². The minimum Gasteiger partial charge on any atom is -0.490 e. The Morgan fingerprint density at radius 3 is 2.68 bits per heavy atom. The Morgan fingerprint density at radius 2 is 2.11 bits per heavy atom. The summed E-state index contributed by atoms with van der Waals surface area (Å²) in [6, 6.07) is 5.03. The maximum absolute atomic E-state index is 10.7. The maximum Gasteiger partial charge on any atom is 0.341 e. The predicted octanol–water partition coefficient (Wildman–Crippen LogP) is 1.05. The first-order chi connectivity index (χ1) is 9.04. The highest BCUT2D eigenvalue weighted by Crippen LogP contribution is 2.32. The summed E-state index contributed by atoms with van der Waals surface area (Å²) in [6.45, 7) is 1.71. The molecule has 0 fully saturated rings. The lowest BCUT2D eigenvalue weighted by Crippen LogP contribution is -2.11. The average Bonchev–Trinajstić information content (AvgIpc) is 2.35. The summed E-state index contributed by atoms with van der Waals surface area (Å²) >= 11 is 0. The van der Waals surface area contributed by atoms with Gasteiger partial charge >= 0.3 is 5.97 Å². The Balaban J connectivity index is 3.09. The number of hydrogen-bond donors (Lipinski definition) is 2. The number of amides is 1. The van der Waals surface area contributed by atoms with Crippen molar-refractivity contribution >= 4 is 18.0 Å². The molecule has 6 nitrogen and oxygen atoms in total. The SMILES string of the molecule is CCOc1cccc(C=CC(N)=O)c1OCC(=O)O. The van der Waals surface area contributed by atoms with Gasteiger partial charge in [-0.3, -0.25) is 4.79 Å². The monoisotopic (exact) mass is 265 g/mol. The predicted molar refractivity (Wildman–Crippen MR) is 69.0 cm³/mol. The standard InChI is InChI=1S/C13H15NO5/c1-2-18-10-5-3-4-9(6-7-11(14)15)13(10)19-8-12(16)17/h3-7H,2,8H2,1H3,(H2,14,15)(H,16,17). The van der Waals surface area contributed by atoms with Crippen molar-refractivity contribution in [2.45, 2.75) is 6.92 Å². The smallest absolute Gasteiger partial charge is 0.341 e. The van der Waals surface area contributed by atoms with Crippen LogP contribution in [0.3, 0.4) is 0 Å². The average molecular weight is 265 g/mol. The van der Waals surface area contributed by atoms with E-state index in [0.717, 1.165) is 0 Å². The number of primary amides is 1. The van der Waals surface area contributed by atoms with Gasteiger partial charge in [-0.15, -0.1) is 0 Å². The zero-order valence-corrected chi connectivity index (χ0v) is 10.5. The first-order valence-corrected chi connectivity index (χ1v) is 5.62. The molecule has 0 spiro atoms. The van der Waals surface area contributed by atoms with Crippen LogP contribution in [0.1, 0.15) is 12.5 Å². The van der Waals surface area contributed by atoms with Crippen LogP contribution < -0.4 is 15.2 Å².